The minimum Gasteiger partial charge on any atom is -0.445 e. The lowest BCUT2D eigenvalue weighted by molar-refractivity contribution is 0.150. The highest BCUT2D eigenvalue weighted by atomic mass is 35.5. The molecular formula is C9H8ClN5O2. The van der Waals surface area contributed by atoms with Gasteiger partial charge in [0.1, 0.15) is 12.9 Å². The van der Waals surface area contributed by atoms with E-state index in [0.29, 0.717) is 11.4 Å². The van der Waals surface area contributed by atoms with E-state index in [2.05, 4.69) is 15.2 Å². The average molecular weight is 254 g/mol. The number of nitrogens with two attached hydrogens (primary N) is 1. The van der Waals surface area contributed by atoms with Crippen LogP contribution in [-0.2, 0) is 11.3 Å². The van der Waals surface area contributed by atoms with E-state index in [1.54, 1.807) is 29.4 Å². The second kappa shape index (κ2) is 4.79. The molecule has 0 atom stereocenters. The molecule has 2 heterocycles. The van der Waals surface area contributed by atoms with Gasteiger partial charge < -0.3 is 10.5 Å². The molecule has 0 saturated heterocycles. The van der Waals surface area contributed by atoms with E-state index in [1.165, 1.54) is 0 Å². The molecule has 7 nitrogen and oxygen atoms in total. The van der Waals surface area contributed by atoms with Crippen LogP contribution in [0.15, 0.2) is 24.8 Å². The van der Waals surface area contributed by atoms with Crippen LogP contribution in [0.5, 0.6) is 0 Å². The first-order chi connectivity index (χ1) is 8.16. The number of ether oxygens (including phenoxy) is 1. The van der Waals surface area contributed by atoms with Crippen molar-refractivity contribution in [3.63, 3.8) is 0 Å². The minimum absolute atomic E-state index is 0.0297. The topological polar surface area (TPSA) is 95.9 Å². The number of halogens is 1. The Hall–Kier alpha value is -2.15. The number of carbonyl (C=O) groups is 1. The summed E-state index contributed by atoms with van der Waals surface area (Å²) in [6.07, 6.45) is 3.96. The Bertz CT molecular complexity index is 528. The molecule has 17 heavy (non-hydrogen) atoms. The molecule has 0 bridgehead atoms. The number of aromatic nitrogens is 4. The zero-order valence-corrected chi connectivity index (χ0v) is 9.33. The van der Waals surface area contributed by atoms with Crippen molar-refractivity contribution in [3.8, 4) is 5.82 Å². The quantitative estimate of drug-likeness (QED) is 0.877. The predicted molar refractivity (Wildman–Crippen MR) is 58.5 cm³/mol. The second-order valence-electron chi connectivity index (χ2n) is 3.09. The first-order valence-electron chi connectivity index (χ1n) is 4.59. The molecule has 2 aromatic heterocycles. The Morgan fingerprint density at radius 3 is 3.00 bits per heavy atom. The van der Waals surface area contributed by atoms with Gasteiger partial charge in [0, 0.05) is 18.0 Å². The molecule has 1 amide bonds. The summed E-state index contributed by atoms with van der Waals surface area (Å²) >= 11 is 5.72. The lowest BCUT2D eigenvalue weighted by Gasteiger charge is -2.08. The Labute approximate surface area is 101 Å². The van der Waals surface area contributed by atoms with Crippen molar-refractivity contribution in [2.24, 2.45) is 5.73 Å². The number of nitrogens with zero attached hydrogens (tertiary/aromatic N) is 4. The van der Waals surface area contributed by atoms with Crippen molar-refractivity contribution in [1.82, 2.24) is 19.7 Å². The van der Waals surface area contributed by atoms with Crippen molar-refractivity contribution in [3.05, 3.63) is 35.5 Å². The van der Waals surface area contributed by atoms with Crippen LogP contribution in [0.4, 0.5) is 4.79 Å². The number of primary amides is 1. The monoisotopic (exact) mass is 253 g/mol. The number of hydrogen-bond acceptors (Lipinski definition) is 5. The summed E-state index contributed by atoms with van der Waals surface area (Å²) in [6.45, 7) is -0.0297. The lowest BCUT2D eigenvalue weighted by atomic mass is 10.3. The number of carbonyl (C=O) groups excluding carboxylic acids is 1. The molecule has 2 N–H and O–H groups in total. The Kier molecular flexibility index (Phi) is 3.20. The first-order valence-corrected chi connectivity index (χ1v) is 4.97. The van der Waals surface area contributed by atoms with Crippen LogP contribution in [0.25, 0.3) is 5.82 Å². The molecule has 0 radical (unpaired) electrons. The van der Waals surface area contributed by atoms with Crippen LogP contribution < -0.4 is 5.73 Å². The summed E-state index contributed by atoms with van der Waals surface area (Å²) in [4.78, 5) is 14.5. The highest BCUT2D eigenvalue weighted by molar-refractivity contribution is 6.29. The third-order valence-electron chi connectivity index (χ3n) is 1.94. The zero-order valence-electron chi connectivity index (χ0n) is 8.58. The van der Waals surface area contributed by atoms with Gasteiger partial charge in [-0.1, -0.05) is 11.6 Å². The van der Waals surface area contributed by atoms with Crippen LogP contribution in [0.2, 0.25) is 5.15 Å². The minimum atomic E-state index is -0.866. The molecule has 0 aliphatic heterocycles. The van der Waals surface area contributed by atoms with Crippen molar-refractivity contribution in [2.45, 2.75) is 6.61 Å². The molecule has 0 spiro atoms. The van der Waals surface area contributed by atoms with Gasteiger partial charge in [0.05, 0.1) is 0 Å². The molecule has 0 saturated carbocycles. The van der Waals surface area contributed by atoms with Gasteiger partial charge in [-0.3, -0.25) is 4.57 Å². The zero-order chi connectivity index (χ0) is 12.3. The van der Waals surface area contributed by atoms with E-state index in [9.17, 15) is 4.79 Å². The normalized spacial score (nSPS) is 10.2. The molecule has 0 fully saturated rings. The largest absolute Gasteiger partial charge is 0.445 e. The van der Waals surface area contributed by atoms with E-state index >= 15 is 0 Å². The van der Waals surface area contributed by atoms with Crippen LogP contribution in [-0.4, -0.2) is 25.8 Å². The molecule has 2 aromatic rings. The summed E-state index contributed by atoms with van der Waals surface area (Å²) in [5, 5.41) is 7.83. The highest BCUT2D eigenvalue weighted by Gasteiger charge is 2.09. The third kappa shape index (κ3) is 2.70. The van der Waals surface area contributed by atoms with Crippen molar-refractivity contribution in [2.75, 3.05) is 0 Å². The molecule has 8 heteroatoms. The Morgan fingerprint density at radius 1 is 1.53 bits per heavy atom. The maximum absolute atomic E-state index is 10.6. The van der Waals surface area contributed by atoms with Crippen LogP contribution in [0.1, 0.15) is 5.56 Å². The third-order valence-corrected chi connectivity index (χ3v) is 2.12. The van der Waals surface area contributed by atoms with Gasteiger partial charge in [-0.2, -0.15) is 0 Å². The van der Waals surface area contributed by atoms with Crippen molar-refractivity contribution >= 4 is 17.7 Å². The van der Waals surface area contributed by atoms with Crippen molar-refractivity contribution < 1.29 is 9.53 Å². The highest BCUT2D eigenvalue weighted by Crippen LogP contribution is 2.15. The van der Waals surface area contributed by atoms with Gasteiger partial charge in [0.2, 0.25) is 0 Å². The van der Waals surface area contributed by atoms with Gasteiger partial charge in [-0.25, -0.2) is 9.78 Å². The van der Waals surface area contributed by atoms with E-state index < -0.39 is 6.09 Å². The van der Waals surface area contributed by atoms with Crippen molar-refractivity contribution in [1.29, 1.82) is 0 Å². The van der Waals surface area contributed by atoms with Crippen LogP contribution in [0.3, 0.4) is 0 Å². The molecule has 88 valence electrons. The molecule has 0 aliphatic carbocycles. The number of amides is 1. The van der Waals surface area contributed by atoms with E-state index in [4.69, 9.17) is 22.1 Å². The van der Waals surface area contributed by atoms with Crippen LogP contribution >= 0.6 is 11.6 Å². The maximum Gasteiger partial charge on any atom is 0.404 e. The molecule has 0 unspecified atom stereocenters. The van der Waals surface area contributed by atoms with E-state index in [1.807, 2.05) is 0 Å². The molecular weight excluding hydrogens is 246 g/mol. The number of rotatable bonds is 3. The van der Waals surface area contributed by atoms with Gasteiger partial charge in [-0.05, 0) is 6.07 Å². The van der Waals surface area contributed by atoms with Gasteiger partial charge in [0.25, 0.3) is 0 Å². The summed E-state index contributed by atoms with van der Waals surface area (Å²) < 4.78 is 6.33. The van der Waals surface area contributed by atoms with Gasteiger partial charge in [-0.15, -0.1) is 10.2 Å². The molecule has 0 aromatic carbocycles. The smallest absolute Gasteiger partial charge is 0.404 e. The second-order valence-corrected chi connectivity index (χ2v) is 3.48. The Morgan fingerprint density at radius 2 is 2.35 bits per heavy atom. The SMILES string of the molecule is NC(=O)OCc1cc(Cl)nnc1-n1ccnc1. The summed E-state index contributed by atoms with van der Waals surface area (Å²) in [5.41, 5.74) is 5.48. The molecule has 2 rings (SSSR count). The first kappa shape index (κ1) is 11.3. The summed E-state index contributed by atoms with van der Waals surface area (Å²) in [7, 11) is 0. The predicted octanol–water partition coefficient (Wildman–Crippen LogP) is 0.911. The lowest BCUT2D eigenvalue weighted by Crippen LogP contribution is -2.14. The maximum atomic E-state index is 10.6. The molecule has 0 aliphatic rings. The van der Waals surface area contributed by atoms with E-state index in [0.717, 1.165) is 0 Å². The fourth-order valence-corrected chi connectivity index (χ4v) is 1.42. The standard InChI is InChI=1S/C9H8ClN5O2/c10-7-3-6(4-17-9(11)16)8(14-13-7)15-2-1-12-5-15/h1-3,5H,4H2,(H2,11,16). The summed E-state index contributed by atoms with van der Waals surface area (Å²) in [5.74, 6) is 0.480. The summed E-state index contributed by atoms with van der Waals surface area (Å²) in [6, 6.07) is 1.55. The number of imidazole rings is 1. The van der Waals surface area contributed by atoms with E-state index in [-0.39, 0.29) is 11.8 Å². The fraction of sp³-hybridized carbons (Fsp3) is 0.111. The number of hydrogen-bond donors (Lipinski definition) is 1. The van der Waals surface area contributed by atoms with Gasteiger partial charge >= 0.3 is 6.09 Å². The van der Waals surface area contributed by atoms with Gasteiger partial charge in [0.15, 0.2) is 11.0 Å². The Balaban J connectivity index is 2.34. The average Bonchev–Trinajstić information content (AvgIpc) is 2.80. The fourth-order valence-electron chi connectivity index (χ4n) is 1.25. The van der Waals surface area contributed by atoms with Crippen LogP contribution in [0, 0.1) is 0 Å².